The molecule has 0 radical (unpaired) electrons. The predicted molar refractivity (Wildman–Crippen MR) is 107 cm³/mol. The Labute approximate surface area is 160 Å². The average Bonchev–Trinajstić information content (AvgIpc) is 2.73. The van der Waals surface area contributed by atoms with E-state index in [-0.39, 0.29) is 22.8 Å². The van der Waals surface area contributed by atoms with Crippen molar-refractivity contribution in [2.75, 3.05) is 5.75 Å². The Balaban J connectivity index is 2.04. The highest BCUT2D eigenvalue weighted by Gasteiger charge is 2.55. The van der Waals surface area contributed by atoms with Crippen LogP contribution in [0, 0.1) is 23.2 Å². The molecule has 3 fully saturated rings. The van der Waals surface area contributed by atoms with Gasteiger partial charge in [0.2, 0.25) is 0 Å². The van der Waals surface area contributed by atoms with Crippen molar-refractivity contribution in [3.05, 3.63) is 0 Å². The summed E-state index contributed by atoms with van der Waals surface area (Å²) in [7, 11) is -3.20. The third kappa shape index (κ3) is 3.77. The first kappa shape index (κ1) is 20.4. The highest BCUT2D eigenvalue weighted by molar-refractivity contribution is 7.92. The molecule has 0 aromatic carbocycles. The molecule has 0 N–H and O–H groups in total. The first-order chi connectivity index (χ1) is 12.4. The van der Waals surface area contributed by atoms with Gasteiger partial charge in [-0.25, -0.2) is 8.42 Å². The minimum atomic E-state index is -3.20. The molecule has 0 aromatic heterocycles. The maximum Gasteiger partial charge on any atom is 0.154 e. The Hall–Kier alpha value is -0.380. The van der Waals surface area contributed by atoms with E-state index in [2.05, 4.69) is 13.8 Å². The molecule has 0 aromatic rings. The summed E-state index contributed by atoms with van der Waals surface area (Å²) in [6.07, 6.45) is 13.3. The number of unbranched alkanes of at least 4 members (excludes halogenated alkanes) is 1. The zero-order valence-electron chi connectivity index (χ0n) is 16.8. The summed E-state index contributed by atoms with van der Waals surface area (Å²) in [5.41, 5.74) is -0.617. The molecule has 4 heteroatoms. The van der Waals surface area contributed by atoms with Crippen LogP contribution < -0.4 is 0 Å². The summed E-state index contributed by atoms with van der Waals surface area (Å²) in [4.78, 5) is 14.0. The molecule has 4 atom stereocenters. The van der Waals surface area contributed by atoms with Gasteiger partial charge in [0.15, 0.2) is 9.84 Å². The lowest BCUT2D eigenvalue weighted by Crippen LogP contribution is -2.44. The van der Waals surface area contributed by atoms with Gasteiger partial charge >= 0.3 is 0 Å². The monoisotopic (exact) mass is 382 g/mol. The highest BCUT2D eigenvalue weighted by Crippen LogP contribution is 2.50. The van der Waals surface area contributed by atoms with Crippen molar-refractivity contribution in [1.82, 2.24) is 0 Å². The number of carbonyl (C=O) groups excluding carboxylic acids is 1. The third-order valence-corrected chi connectivity index (χ3v) is 10.3. The quantitative estimate of drug-likeness (QED) is 0.646. The highest BCUT2D eigenvalue weighted by atomic mass is 32.2. The van der Waals surface area contributed by atoms with Crippen molar-refractivity contribution in [2.45, 2.75) is 103 Å². The van der Waals surface area contributed by atoms with E-state index in [9.17, 15) is 13.2 Å². The second kappa shape index (κ2) is 8.32. The lowest BCUT2D eigenvalue weighted by molar-refractivity contribution is -0.137. The van der Waals surface area contributed by atoms with Crippen molar-refractivity contribution in [3.8, 4) is 0 Å². The zero-order valence-corrected chi connectivity index (χ0v) is 17.7. The van der Waals surface area contributed by atoms with E-state index in [1.807, 2.05) is 0 Å². The van der Waals surface area contributed by atoms with E-state index in [4.69, 9.17) is 0 Å². The fourth-order valence-electron chi connectivity index (χ4n) is 6.31. The molecule has 3 rings (SSSR count). The number of hydrogen-bond donors (Lipinski definition) is 0. The molecule has 0 amide bonds. The normalized spacial score (nSPS) is 38.5. The van der Waals surface area contributed by atoms with Gasteiger partial charge in [0.05, 0.1) is 11.0 Å². The SMILES string of the molecule is CCCCC1(CC)CS(=O)(=O)C2CCCCC2C(C2CCCCC2)C1=O. The Bertz CT molecular complexity index is 591. The molecule has 1 heterocycles. The van der Waals surface area contributed by atoms with Crippen LogP contribution in [0.2, 0.25) is 0 Å². The molecule has 1 saturated heterocycles. The van der Waals surface area contributed by atoms with Gasteiger partial charge in [-0.1, -0.05) is 58.8 Å². The van der Waals surface area contributed by atoms with Crippen molar-refractivity contribution >= 4 is 15.6 Å². The molecule has 0 spiro atoms. The van der Waals surface area contributed by atoms with E-state index in [1.54, 1.807) is 0 Å². The lowest BCUT2D eigenvalue weighted by Gasteiger charge is -2.41. The average molecular weight is 383 g/mol. The smallest absolute Gasteiger partial charge is 0.154 e. The molecular weight excluding hydrogens is 344 g/mol. The van der Waals surface area contributed by atoms with Crippen LogP contribution in [-0.2, 0) is 14.6 Å². The first-order valence-corrected chi connectivity index (χ1v) is 12.9. The number of fused-ring (bicyclic) bond motifs is 1. The molecule has 2 aliphatic carbocycles. The second-order valence-electron chi connectivity index (χ2n) is 9.32. The van der Waals surface area contributed by atoms with Crippen LogP contribution in [0.25, 0.3) is 0 Å². The van der Waals surface area contributed by atoms with Crippen LogP contribution >= 0.6 is 0 Å². The fraction of sp³-hybridized carbons (Fsp3) is 0.955. The molecule has 150 valence electrons. The molecule has 2 saturated carbocycles. The van der Waals surface area contributed by atoms with Gasteiger partial charge in [-0.15, -0.1) is 0 Å². The number of carbonyl (C=O) groups is 1. The summed E-state index contributed by atoms with van der Waals surface area (Å²) in [5.74, 6) is 1.01. The minimum Gasteiger partial charge on any atom is -0.299 e. The number of hydrogen-bond acceptors (Lipinski definition) is 3. The third-order valence-electron chi connectivity index (χ3n) is 7.82. The molecule has 26 heavy (non-hydrogen) atoms. The van der Waals surface area contributed by atoms with Crippen LogP contribution in [0.15, 0.2) is 0 Å². The number of rotatable bonds is 5. The number of ketones is 1. The van der Waals surface area contributed by atoms with E-state index in [0.29, 0.717) is 18.1 Å². The molecule has 3 aliphatic rings. The van der Waals surface area contributed by atoms with Crippen LogP contribution in [0.5, 0.6) is 0 Å². The van der Waals surface area contributed by atoms with Gasteiger partial charge < -0.3 is 0 Å². The van der Waals surface area contributed by atoms with E-state index in [0.717, 1.165) is 57.8 Å². The van der Waals surface area contributed by atoms with Crippen LogP contribution in [-0.4, -0.2) is 25.2 Å². The molecular formula is C22H38O3S. The van der Waals surface area contributed by atoms with Gasteiger partial charge in [0.25, 0.3) is 0 Å². The lowest BCUT2D eigenvalue weighted by atomic mass is 9.62. The Morgan fingerprint density at radius 2 is 1.62 bits per heavy atom. The van der Waals surface area contributed by atoms with Crippen molar-refractivity contribution in [1.29, 1.82) is 0 Å². The molecule has 3 nitrogen and oxygen atoms in total. The molecule has 4 unspecified atom stereocenters. The summed E-state index contributed by atoms with van der Waals surface area (Å²) in [6, 6.07) is 0. The minimum absolute atomic E-state index is 0.00896. The topological polar surface area (TPSA) is 51.2 Å². The fourth-order valence-corrected chi connectivity index (χ4v) is 9.15. The van der Waals surface area contributed by atoms with Crippen LogP contribution in [0.3, 0.4) is 0 Å². The standard InChI is InChI=1S/C22H38O3S/c1-3-5-15-22(4-2)16-26(24,25)19-14-10-9-13-18(19)20(21(22)23)17-11-7-6-8-12-17/h17-20H,3-16H2,1-2H3. The van der Waals surface area contributed by atoms with E-state index in [1.165, 1.54) is 19.3 Å². The maximum atomic E-state index is 14.0. The van der Waals surface area contributed by atoms with Crippen molar-refractivity contribution in [2.24, 2.45) is 23.2 Å². The summed E-state index contributed by atoms with van der Waals surface area (Å²) in [6.45, 7) is 4.19. The second-order valence-corrected chi connectivity index (χ2v) is 11.5. The van der Waals surface area contributed by atoms with Gasteiger partial charge in [-0.2, -0.15) is 0 Å². The molecule has 0 bridgehead atoms. The van der Waals surface area contributed by atoms with Crippen LogP contribution in [0.1, 0.15) is 97.3 Å². The summed E-state index contributed by atoms with van der Waals surface area (Å²) >= 11 is 0. The summed E-state index contributed by atoms with van der Waals surface area (Å²) < 4.78 is 26.8. The Kier molecular flexibility index (Phi) is 6.52. The van der Waals surface area contributed by atoms with E-state index < -0.39 is 15.3 Å². The van der Waals surface area contributed by atoms with Crippen LogP contribution in [0.4, 0.5) is 0 Å². The number of Topliss-reactive ketones (excluding diaryl/α,β-unsaturated/α-hetero) is 1. The zero-order chi connectivity index (χ0) is 18.8. The predicted octanol–water partition coefficient (Wildman–Crippen LogP) is 5.33. The maximum absolute atomic E-state index is 14.0. The number of sulfone groups is 1. The summed E-state index contributed by atoms with van der Waals surface area (Å²) in [5, 5.41) is -0.248. The van der Waals surface area contributed by atoms with Gasteiger partial charge in [-0.05, 0) is 50.4 Å². The van der Waals surface area contributed by atoms with Gasteiger partial charge in [-0.3, -0.25) is 4.79 Å². The van der Waals surface area contributed by atoms with Crippen molar-refractivity contribution in [3.63, 3.8) is 0 Å². The Morgan fingerprint density at radius 1 is 0.962 bits per heavy atom. The van der Waals surface area contributed by atoms with Gasteiger partial charge in [0, 0.05) is 11.3 Å². The van der Waals surface area contributed by atoms with Gasteiger partial charge in [0.1, 0.15) is 5.78 Å². The van der Waals surface area contributed by atoms with E-state index >= 15 is 0 Å². The Morgan fingerprint density at radius 3 is 2.27 bits per heavy atom. The first-order valence-electron chi connectivity index (χ1n) is 11.2. The van der Waals surface area contributed by atoms with Crippen molar-refractivity contribution < 1.29 is 13.2 Å². The molecule has 1 aliphatic heterocycles. The largest absolute Gasteiger partial charge is 0.299 e.